The highest BCUT2D eigenvalue weighted by Gasteiger charge is 2.21. The Hall–Kier alpha value is -1.75. The maximum Gasteiger partial charge on any atom is 0.220 e. The number of amides is 1. The van der Waals surface area contributed by atoms with Crippen molar-refractivity contribution in [1.82, 2.24) is 5.32 Å². The summed E-state index contributed by atoms with van der Waals surface area (Å²) in [7, 11) is 0. The molecule has 1 aliphatic rings. The van der Waals surface area contributed by atoms with Gasteiger partial charge in [0.25, 0.3) is 0 Å². The normalized spacial score (nSPS) is 20.2. The second kappa shape index (κ2) is 3.55. The molecule has 2 heteroatoms. The van der Waals surface area contributed by atoms with Gasteiger partial charge < -0.3 is 5.32 Å². The van der Waals surface area contributed by atoms with Crippen molar-refractivity contribution in [1.29, 1.82) is 0 Å². The molecular weight excluding hydrogens is 174 g/mol. The molecule has 1 saturated heterocycles. The van der Waals surface area contributed by atoms with Crippen LogP contribution in [-0.2, 0) is 4.79 Å². The van der Waals surface area contributed by atoms with Crippen molar-refractivity contribution in [3.05, 3.63) is 35.4 Å². The Balaban J connectivity index is 2.18. The predicted octanol–water partition coefficient (Wildman–Crippen LogP) is 1.62. The van der Waals surface area contributed by atoms with Gasteiger partial charge >= 0.3 is 0 Å². The second-order valence-electron chi connectivity index (χ2n) is 3.43. The van der Waals surface area contributed by atoms with Gasteiger partial charge in [-0.25, -0.2) is 0 Å². The Morgan fingerprint density at radius 2 is 2.07 bits per heavy atom. The number of carbonyl (C=O) groups excluding carboxylic acids is 1. The minimum Gasteiger partial charge on any atom is -0.349 e. The van der Waals surface area contributed by atoms with E-state index in [1.807, 2.05) is 24.3 Å². The molecular formula is C12H11NO. The van der Waals surface area contributed by atoms with E-state index in [0.29, 0.717) is 6.42 Å². The fourth-order valence-corrected chi connectivity index (χ4v) is 1.68. The molecule has 0 saturated carbocycles. The Morgan fingerprint density at radius 3 is 2.57 bits per heavy atom. The SMILES string of the molecule is C#Cc1ccc(C2CCC(=O)N2)cc1. The lowest BCUT2D eigenvalue weighted by Crippen LogP contribution is -2.18. The van der Waals surface area contributed by atoms with Crippen molar-refractivity contribution in [2.24, 2.45) is 0 Å². The van der Waals surface area contributed by atoms with Gasteiger partial charge in [-0.05, 0) is 24.1 Å². The number of nitrogens with one attached hydrogen (secondary N) is 1. The molecule has 1 atom stereocenters. The quantitative estimate of drug-likeness (QED) is 0.662. The molecule has 1 N–H and O–H groups in total. The van der Waals surface area contributed by atoms with Crippen molar-refractivity contribution in [2.45, 2.75) is 18.9 Å². The van der Waals surface area contributed by atoms with Gasteiger partial charge in [-0.1, -0.05) is 18.1 Å². The first-order valence-electron chi connectivity index (χ1n) is 4.65. The Kier molecular flexibility index (Phi) is 2.24. The largest absolute Gasteiger partial charge is 0.349 e. The molecule has 1 fully saturated rings. The van der Waals surface area contributed by atoms with Crippen molar-refractivity contribution < 1.29 is 4.79 Å². The van der Waals surface area contributed by atoms with Crippen LogP contribution in [0.5, 0.6) is 0 Å². The molecule has 1 aliphatic heterocycles. The smallest absolute Gasteiger partial charge is 0.220 e. The first kappa shape index (κ1) is 8.83. The molecule has 0 aliphatic carbocycles. The number of rotatable bonds is 1. The van der Waals surface area contributed by atoms with E-state index in [1.165, 1.54) is 0 Å². The van der Waals surface area contributed by atoms with Crippen LogP contribution in [0.25, 0.3) is 0 Å². The van der Waals surface area contributed by atoms with Crippen LogP contribution in [0, 0.1) is 12.3 Å². The van der Waals surface area contributed by atoms with Crippen LogP contribution in [0.15, 0.2) is 24.3 Å². The van der Waals surface area contributed by atoms with E-state index in [9.17, 15) is 4.79 Å². The lowest BCUT2D eigenvalue weighted by Gasteiger charge is -2.09. The highest BCUT2D eigenvalue weighted by atomic mass is 16.1. The number of hydrogen-bond donors (Lipinski definition) is 1. The number of terminal acetylenes is 1. The van der Waals surface area contributed by atoms with Gasteiger partial charge in [0.1, 0.15) is 0 Å². The first-order chi connectivity index (χ1) is 6.79. The molecule has 0 aromatic heterocycles. The third kappa shape index (κ3) is 1.62. The highest BCUT2D eigenvalue weighted by Crippen LogP contribution is 2.23. The highest BCUT2D eigenvalue weighted by molar-refractivity contribution is 5.78. The molecule has 2 rings (SSSR count). The summed E-state index contributed by atoms with van der Waals surface area (Å²) in [5, 5.41) is 2.92. The van der Waals surface area contributed by atoms with Crippen molar-refractivity contribution in [3.63, 3.8) is 0 Å². The van der Waals surface area contributed by atoms with Crippen molar-refractivity contribution in [3.8, 4) is 12.3 Å². The average Bonchev–Trinajstić information content (AvgIpc) is 2.65. The van der Waals surface area contributed by atoms with Crippen molar-refractivity contribution in [2.75, 3.05) is 0 Å². The minimum atomic E-state index is 0.135. The molecule has 0 spiro atoms. The van der Waals surface area contributed by atoms with Crippen LogP contribution in [0.4, 0.5) is 0 Å². The molecule has 1 unspecified atom stereocenters. The number of benzene rings is 1. The monoisotopic (exact) mass is 185 g/mol. The van der Waals surface area contributed by atoms with E-state index in [1.54, 1.807) is 0 Å². The molecule has 0 bridgehead atoms. The van der Waals surface area contributed by atoms with Gasteiger partial charge in [-0.15, -0.1) is 6.42 Å². The maximum atomic E-state index is 11.0. The van der Waals surface area contributed by atoms with Crippen LogP contribution >= 0.6 is 0 Å². The van der Waals surface area contributed by atoms with Gasteiger partial charge in [-0.3, -0.25) is 4.79 Å². The van der Waals surface area contributed by atoms with E-state index in [0.717, 1.165) is 17.5 Å². The van der Waals surface area contributed by atoms with Crippen molar-refractivity contribution >= 4 is 5.91 Å². The summed E-state index contributed by atoms with van der Waals surface area (Å²) < 4.78 is 0. The maximum absolute atomic E-state index is 11.0. The van der Waals surface area contributed by atoms with Gasteiger partial charge in [0, 0.05) is 12.0 Å². The second-order valence-corrected chi connectivity index (χ2v) is 3.43. The van der Waals surface area contributed by atoms with Gasteiger partial charge in [-0.2, -0.15) is 0 Å². The third-order valence-corrected chi connectivity index (χ3v) is 2.48. The van der Waals surface area contributed by atoms with Gasteiger partial charge in [0.05, 0.1) is 6.04 Å². The van der Waals surface area contributed by atoms with E-state index < -0.39 is 0 Å². The lowest BCUT2D eigenvalue weighted by molar-refractivity contribution is -0.119. The predicted molar refractivity (Wildman–Crippen MR) is 54.5 cm³/mol. The molecule has 1 amide bonds. The summed E-state index contributed by atoms with van der Waals surface area (Å²) in [6, 6.07) is 7.94. The molecule has 70 valence electrons. The summed E-state index contributed by atoms with van der Waals surface area (Å²) >= 11 is 0. The zero-order valence-electron chi connectivity index (χ0n) is 7.79. The standard InChI is InChI=1S/C12H11NO/c1-2-9-3-5-10(6-4-9)11-7-8-12(14)13-11/h1,3-6,11H,7-8H2,(H,13,14). The summed E-state index contributed by atoms with van der Waals surface area (Å²) in [5.41, 5.74) is 2.01. The Labute approximate surface area is 83.3 Å². The van der Waals surface area contributed by atoms with Crippen LogP contribution in [-0.4, -0.2) is 5.91 Å². The number of hydrogen-bond acceptors (Lipinski definition) is 1. The molecule has 1 aromatic carbocycles. The van der Waals surface area contributed by atoms with Crippen LogP contribution < -0.4 is 5.32 Å². The third-order valence-electron chi connectivity index (χ3n) is 2.48. The van der Waals surface area contributed by atoms with E-state index in [-0.39, 0.29) is 11.9 Å². The Morgan fingerprint density at radius 1 is 1.36 bits per heavy atom. The Bertz CT molecular complexity index is 386. The molecule has 1 heterocycles. The van der Waals surface area contributed by atoms with Gasteiger partial charge in [0.2, 0.25) is 5.91 Å². The van der Waals surface area contributed by atoms with E-state index in [4.69, 9.17) is 6.42 Å². The average molecular weight is 185 g/mol. The fraction of sp³-hybridized carbons (Fsp3) is 0.250. The molecule has 1 aromatic rings. The summed E-state index contributed by atoms with van der Waals surface area (Å²) in [6.45, 7) is 0. The van der Waals surface area contributed by atoms with E-state index >= 15 is 0 Å². The zero-order valence-corrected chi connectivity index (χ0v) is 7.79. The summed E-state index contributed by atoms with van der Waals surface area (Å²) in [5.74, 6) is 2.70. The van der Waals surface area contributed by atoms with Gasteiger partial charge in [0.15, 0.2) is 0 Å². The summed E-state index contributed by atoms with van der Waals surface area (Å²) in [4.78, 5) is 11.0. The first-order valence-corrected chi connectivity index (χ1v) is 4.65. The molecule has 0 radical (unpaired) electrons. The lowest BCUT2D eigenvalue weighted by atomic mass is 10.0. The summed E-state index contributed by atoms with van der Waals surface area (Å²) in [6.07, 6.45) is 6.77. The van der Waals surface area contributed by atoms with Crippen LogP contribution in [0.3, 0.4) is 0 Å². The number of carbonyl (C=O) groups is 1. The topological polar surface area (TPSA) is 29.1 Å². The van der Waals surface area contributed by atoms with Crippen LogP contribution in [0.2, 0.25) is 0 Å². The molecule has 2 nitrogen and oxygen atoms in total. The fourth-order valence-electron chi connectivity index (χ4n) is 1.68. The minimum absolute atomic E-state index is 0.135. The zero-order chi connectivity index (χ0) is 9.97. The van der Waals surface area contributed by atoms with E-state index in [2.05, 4.69) is 11.2 Å². The van der Waals surface area contributed by atoms with Crippen LogP contribution in [0.1, 0.15) is 30.0 Å². The molecule has 14 heavy (non-hydrogen) atoms.